The summed E-state index contributed by atoms with van der Waals surface area (Å²) in [6.45, 7) is 0.353. The van der Waals surface area contributed by atoms with E-state index in [1.165, 1.54) is 7.11 Å². The van der Waals surface area contributed by atoms with Crippen LogP contribution >= 0.6 is 0 Å². The van der Waals surface area contributed by atoms with Crippen molar-refractivity contribution in [3.63, 3.8) is 0 Å². The first-order valence-electron chi connectivity index (χ1n) is 7.92. The van der Waals surface area contributed by atoms with Crippen LogP contribution in [0, 0.1) is 0 Å². The summed E-state index contributed by atoms with van der Waals surface area (Å²) < 4.78 is 4.67. The minimum Gasteiger partial charge on any atom is -0.469 e. The van der Waals surface area contributed by atoms with Gasteiger partial charge >= 0.3 is 5.97 Å². The average Bonchev–Trinajstić information content (AvgIpc) is 2.94. The third-order valence-corrected chi connectivity index (χ3v) is 3.96. The van der Waals surface area contributed by atoms with Crippen LogP contribution in [0.1, 0.15) is 17.5 Å². The number of ether oxygens (including phenoxy) is 1. The van der Waals surface area contributed by atoms with Crippen LogP contribution in [0.3, 0.4) is 0 Å². The van der Waals surface area contributed by atoms with Crippen LogP contribution in [-0.4, -0.2) is 25.5 Å². The number of esters is 1. The van der Waals surface area contributed by atoms with Gasteiger partial charge in [-0.15, -0.1) is 0 Å². The number of amides is 1. The number of fused-ring (bicyclic) bond motifs is 1. The van der Waals surface area contributed by atoms with Crippen LogP contribution in [0.2, 0.25) is 0 Å². The standard InChI is InChI=1S/C19H19N3O3/c1-25-16(23)9-10-21-18(12-5-3-2-4-6-12)17-14-11-13(20)7-8-15(14)22-19(17)24/h2-8,11,21H,9-10,20H2,1H3,(H,22,24). The fourth-order valence-electron chi connectivity index (χ4n) is 2.76. The summed E-state index contributed by atoms with van der Waals surface area (Å²) in [7, 11) is 1.35. The van der Waals surface area contributed by atoms with Gasteiger partial charge in [-0.05, 0) is 23.8 Å². The topological polar surface area (TPSA) is 93.4 Å². The molecule has 1 aliphatic heterocycles. The number of hydrogen-bond donors (Lipinski definition) is 3. The smallest absolute Gasteiger partial charge is 0.307 e. The van der Waals surface area contributed by atoms with Gasteiger partial charge in [0, 0.05) is 23.5 Å². The fourth-order valence-corrected chi connectivity index (χ4v) is 2.76. The molecule has 2 aromatic carbocycles. The van der Waals surface area contributed by atoms with Gasteiger partial charge in [0.2, 0.25) is 0 Å². The van der Waals surface area contributed by atoms with E-state index in [9.17, 15) is 9.59 Å². The predicted molar refractivity (Wildman–Crippen MR) is 97.4 cm³/mol. The number of carbonyl (C=O) groups is 2. The van der Waals surface area contributed by atoms with Crippen LogP contribution in [-0.2, 0) is 14.3 Å². The highest BCUT2D eigenvalue weighted by Crippen LogP contribution is 2.37. The van der Waals surface area contributed by atoms with Gasteiger partial charge in [-0.3, -0.25) is 9.59 Å². The minimum atomic E-state index is -0.314. The number of hydrogen-bond acceptors (Lipinski definition) is 5. The normalized spacial score (nSPS) is 14.5. The Morgan fingerprint density at radius 3 is 2.68 bits per heavy atom. The summed E-state index contributed by atoms with van der Waals surface area (Å²) in [5, 5.41) is 6.06. The molecule has 128 valence electrons. The Kier molecular flexibility index (Phi) is 4.70. The lowest BCUT2D eigenvalue weighted by molar-refractivity contribution is -0.140. The number of benzene rings is 2. The van der Waals surface area contributed by atoms with E-state index >= 15 is 0 Å². The van der Waals surface area contributed by atoms with Gasteiger partial charge in [-0.2, -0.15) is 0 Å². The van der Waals surface area contributed by atoms with Crippen molar-refractivity contribution in [2.75, 3.05) is 24.7 Å². The van der Waals surface area contributed by atoms with E-state index in [-0.39, 0.29) is 18.3 Å². The Morgan fingerprint density at radius 2 is 1.96 bits per heavy atom. The first-order valence-corrected chi connectivity index (χ1v) is 7.92. The molecule has 0 saturated carbocycles. The number of nitrogens with two attached hydrogens (primary N) is 1. The molecule has 0 aliphatic carbocycles. The maximum absolute atomic E-state index is 12.6. The third kappa shape index (κ3) is 3.47. The maximum Gasteiger partial charge on any atom is 0.307 e. The highest BCUT2D eigenvalue weighted by molar-refractivity contribution is 6.36. The maximum atomic E-state index is 12.6. The molecule has 0 unspecified atom stereocenters. The second kappa shape index (κ2) is 7.09. The molecule has 0 spiro atoms. The van der Waals surface area contributed by atoms with Crippen molar-refractivity contribution in [1.82, 2.24) is 5.32 Å². The molecule has 0 aromatic heterocycles. The van der Waals surface area contributed by atoms with Crippen molar-refractivity contribution in [3.05, 3.63) is 59.7 Å². The molecule has 0 radical (unpaired) electrons. The van der Waals surface area contributed by atoms with Gasteiger partial charge in [-0.1, -0.05) is 30.3 Å². The molecule has 25 heavy (non-hydrogen) atoms. The van der Waals surface area contributed by atoms with Crippen molar-refractivity contribution in [1.29, 1.82) is 0 Å². The van der Waals surface area contributed by atoms with E-state index in [1.54, 1.807) is 18.2 Å². The molecule has 0 fully saturated rings. The molecule has 6 heteroatoms. The molecule has 4 N–H and O–H groups in total. The Morgan fingerprint density at radius 1 is 1.20 bits per heavy atom. The van der Waals surface area contributed by atoms with Crippen molar-refractivity contribution in [3.8, 4) is 0 Å². The highest BCUT2D eigenvalue weighted by atomic mass is 16.5. The summed E-state index contributed by atoms with van der Waals surface area (Å²) in [5.41, 5.74) is 9.96. The van der Waals surface area contributed by atoms with Gasteiger partial charge in [0.25, 0.3) is 5.91 Å². The zero-order valence-corrected chi connectivity index (χ0v) is 13.8. The van der Waals surface area contributed by atoms with E-state index in [0.717, 1.165) is 16.8 Å². The summed E-state index contributed by atoms with van der Waals surface area (Å²) in [4.78, 5) is 24.0. The van der Waals surface area contributed by atoms with Gasteiger partial charge in [0.15, 0.2) is 0 Å². The van der Waals surface area contributed by atoms with Crippen LogP contribution in [0.4, 0.5) is 11.4 Å². The number of methoxy groups -OCH3 is 1. The zero-order chi connectivity index (χ0) is 17.8. The van der Waals surface area contributed by atoms with Crippen LogP contribution in [0.25, 0.3) is 11.3 Å². The van der Waals surface area contributed by atoms with Crippen LogP contribution < -0.4 is 16.4 Å². The van der Waals surface area contributed by atoms with Gasteiger partial charge in [0.05, 0.1) is 24.8 Å². The minimum absolute atomic E-state index is 0.200. The summed E-state index contributed by atoms with van der Waals surface area (Å²) in [5.74, 6) is -0.518. The first-order chi connectivity index (χ1) is 12.1. The van der Waals surface area contributed by atoms with E-state index in [1.807, 2.05) is 30.3 Å². The monoisotopic (exact) mass is 337 g/mol. The van der Waals surface area contributed by atoms with Gasteiger partial charge < -0.3 is 21.1 Å². The predicted octanol–water partition coefficient (Wildman–Crippen LogP) is 2.24. The second-order valence-electron chi connectivity index (χ2n) is 5.63. The molecule has 2 aromatic rings. The molecular weight excluding hydrogens is 318 g/mol. The second-order valence-corrected chi connectivity index (χ2v) is 5.63. The Labute approximate surface area is 145 Å². The number of anilines is 2. The molecule has 0 bridgehead atoms. The number of rotatable bonds is 5. The van der Waals surface area contributed by atoms with Crippen LogP contribution in [0.15, 0.2) is 48.5 Å². The number of carbonyl (C=O) groups excluding carboxylic acids is 2. The van der Waals surface area contributed by atoms with E-state index in [0.29, 0.717) is 23.5 Å². The lowest BCUT2D eigenvalue weighted by atomic mass is 10.00. The molecule has 6 nitrogen and oxygen atoms in total. The zero-order valence-electron chi connectivity index (χ0n) is 13.8. The first kappa shape index (κ1) is 16.6. The molecule has 3 rings (SSSR count). The SMILES string of the molecule is COC(=O)CCNC(=C1C(=O)Nc2ccc(N)cc21)c1ccccc1. The molecule has 1 heterocycles. The van der Waals surface area contributed by atoms with Crippen molar-refractivity contribution < 1.29 is 14.3 Å². The third-order valence-electron chi connectivity index (χ3n) is 3.96. The Hall–Kier alpha value is -3.28. The lowest BCUT2D eigenvalue weighted by Crippen LogP contribution is -2.20. The van der Waals surface area contributed by atoms with Crippen molar-refractivity contribution in [2.45, 2.75) is 6.42 Å². The molecule has 1 aliphatic rings. The van der Waals surface area contributed by atoms with Gasteiger partial charge in [0.1, 0.15) is 0 Å². The summed E-state index contributed by atoms with van der Waals surface area (Å²) in [6.07, 6.45) is 0.200. The molecule has 0 saturated heterocycles. The number of nitrogen functional groups attached to an aromatic ring is 1. The van der Waals surface area contributed by atoms with Crippen LogP contribution in [0.5, 0.6) is 0 Å². The highest BCUT2D eigenvalue weighted by Gasteiger charge is 2.28. The quantitative estimate of drug-likeness (QED) is 0.442. The Balaban J connectivity index is 2.04. The number of nitrogens with one attached hydrogen (secondary N) is 2. The Bertz CT molecular complexity index is 844. The molecule has 0 atom stereocenters. The largest absolute Gasteiger partial charge is 0.469 e. The molecular formula is C19H19N3O3. The van der Waals surface area contributed by atoms with E-state index < -0.39 is 0 Å². The van der Waals surface area contributed by atoms with Crippen molar-refractivity contribution in [2.24, 2.45) is 0 Å². The summed E-state index contributed by atoms with van der Waals surface area (Å²) >= 11 is 0. The summed E-state index contributed by atoms with van der Waals surface area (Å²) in [6, 6.07) is 14.8. The molecule has 1 amide bonds. The van der Waals surface area contributed by atoms with Gasteiger partial charge in [-0.25, -0.2) is 0 Å². The lowest BCUT2D eigenvalue weighted by Gasteiger charge is -2.14. The fraction of sp³-hybridized carbons (Fsp3) is 0.158. The van der Waals surface area contributed by atoms with Crippen molar-refractivity contribution >= 4 is 34.5 Å². The van der Waals surface area contributed by atoms with E-state index in [4.69, 9.17) is 5.73 Å². The van der Waals surface area contributed by atoms with E-state index in [2.05, 4.69) is 15.4 Å². The average molecular weight is 337 g/mol.